The van der Waals surface area contributed by atoms with E-state index in [0.717, 1.165) is 12.5 Å². The molecule has 0 bridgehead atoms. The summed E-state index contributed by atoms with van der Waals surface area (Å²) in [6.45, 7) is 3.28. The quantitative estimate of drug-likeness (QED) is 0.868. The summed E-state index contributed by atoms with van der Waals surface area (Å²) in [7, 11) is 0. The SMILES string of the molecule is C[C@H](NCc1ccn(C2CCCCC2)n1)C1CCCCC1. The Morgan fingerprint density at radius 3 is 2.48 bits per heavy atom. The maximum Gasteiger partial charge on any atom is 0.0762 e. The Bertz CT molecular complexity index is 414. The highest BCUT2D eigenvalue weighted by Gasteiger charge is 2.20. The third-order valence-electron chi connectivity index (χ3n) is 5.57. The molecule has 0 saturated heterocycles. The second-order valence-electron chi connectivity index (χ2n) is 7.15. The van der Waals surface area contributed by atoms with E-state index in [1.54, 1.807) is 0 Å². The van der Waals surface area contributed by atoms with Crippen molar-refractivity contribution in [3.63, 3.8) is 0 Å². The normalized spacial score (nSPS) is 23.3. The lowest BCUT2D eigenvalue weighted by Gasteiger charge is -2.28. The second kappa shape index (κ2) is 7.44. The van der Waals surface area contributed by atoms with Crippen LogP contribution in [-0.4, -0.2) is 15.8 Å². The van der Waals surface area contributed by atoms with Crippen LogP contribution in [0.25, 0.3) is 0 Å². The van der Waals surface area contributed by atoms with Crippen LogP contribution in [0.4, 0.5) is 0 Å². The largest absolute Gasteiger partial charge is 0.308 e. The van der Waals surface area contributed by atoms with Crippen LogP contribution < -0.4 is 5.32 Å². The molecule has 2 aliphatic rings. The van der Waals surface area contributed by atoms with Crippen molar-refractivity contribution in [3.05, 3.63) is 18.0 Å². The smallest absolute Gasteiger partial charge is 0.0762 e. The fourth-order valence-corrected chi connectivity index (χ4v) is 4.09. The molecule has 0 amide bonds. The van der Waals surface area contributed by atoms with Gasteiger partial charge in [0.2, 0.25) is 0 Å². The third-order valence-corrected chi connectivity index (χ3v) is 5.57. The summed E-state index contributed by atoms with van der Waals surface area (Å²) >= 11 is 0. The standard InChI is InChI=1S/C18H31N3/c1-15(16-8-4-2-5-9-16)19-14-17-12-13-21(20-17)18-10-6-3-7-11-18/h12-13,15-16,18-19H,2-11,14H2,1H3/t15-/m0/s1. The Kier molecular flexibility index (Phi) is 5.34. The van der Waals surface area contributed by atoms with E-state index in [0.29, 0.717) is 12.1 Å². The van der Waals surface area contributed by atoms with Gasteiger partial charge in [-0.25, -0.2) is 0 Å². The fraction of sp³-hybridized carbons (Fsp3) is 0.833. The van der Waals surface area contributed by atoms with Crippen LogP contribution in [0.1, 0.15) is 82.9 Å². The number of nitrogens with one attached hydrogen (secondary N) is 1. The van der Waals surface area contributed by atoms with Crippen LogP contribution in [0.15, 0.2) is 12.3 Å². The Labute approximate surface area is 129 Å². The predicted molar refractivity (Wildman–Crippen MR) is 87.2 cm³/mol. The first-order valence-corrected chi connectivity index (χ1v) is 9.10. The zero-order chi connectivity index (χ0) is 14.5. The maximum absolute atomic E-state index is 4.81. The van der Waals surface area contributed by atoms with E-state index in [9.17, 15) is 0 Å². The summed E-state index contributed by atoms with van der Waals surface area (Å²) in [6, 6.07) is 3.49. The average Bonchev–Trinajstić information content (AvgIpc) is 3.03. The van der Waals surface area contributed by atoms with Gasteiger partial charge >= 0.3 is 0 Å². The fourth-order valence-electron chi connectivity index (χ4n) is 4.09. The molecule has 2 fully saturated rings. The molecule has 21 heavy (non-hydrogen) atoms. The minimum Gasteiger partial charge on any atom is -0.308 e. The van der Waals surface area contributed by atoms with Gasteiger partial charge in [-0.1, -0.05) is 38.5 Å². The van der Waals surface area contributed by atoms with Gasteiger partial charge in [-0.3, -0.25) is 4.68 Å². The van der Waals surface area contributed by atoms with Crippen LogP contribution in [-0.2, 0) is 6.54 Å². The zero-order valence-electron chi connectivity index (χ0n) is 13.6. The molecule has 1 heterocycles. The summed E-state index contributed by atoms with van der Waals surface area (Å²) in [4.78, 5) is 0. The highest BCUT2D eigenvalue weighted by molar-refractivity contribution is 5.00. The number of aromatic nitrogens is 2. The van der Waals surface area contributed by atoms with E-state index in [-0.39, 0.29) is 0 Å². The summed E-state index contributed by atoms with van der Waals surface area (Å²) in [5.74, 6) is 0.874. The minimum atomic E-state index is 0.630. The molecule has 3 heteroatoms. The van der Waals surface area contributed by atoms with E-state index in [1.807, 2.05) is 0 Å². The van der Waals surface area contributed by atoms with Crippen LogP contribution in [0.3, 0.4) is 0 Å². The van der Waals surface area contributed by atoms with E-state index >= 15 is 0 Å². The average molecular weight is 289 g/mol. The highest BCUT2D eigenvalue weighted by Crippen LogP contribution is 2.28. The molecule has 0 aromatic carbocycles. The summed E-state index contributed by atoms with van der Waals surface area (Å²) in [5.41, 5.74) is 1.21. The van der Waals surface area contributed by atoms with Crippen LogP contribution >= 0.6 is 0 Å². The first kappa shape index (κ1) is 15.1. The Morgan fingerprint density at radius 1 is 1.10 bits per heavy atom. The van der Waals surface area contributed by atoms with E-state index in [1.165, 1.54) is 69.9 Å². The van der Waals surface area contributed by atoms with Gasteiger partial charge in [-0.05, 0) is 44.6 Å². The molecule has 0 unspecified atom stereocenters. The van der Waals surface area contributed by atoms with Gasteiger partial charge < -0.3 is 5.32 Å². The number of hydrogen-bond acceptors (Lipinski definition) is 2. The van der Waals surface area contributed by atoms with Crippen molar-refractivity contribution < 1.29 is 0 Å². The molecule has 1 aromatic rings. The molecule has 2 aliphatic carbocycles. The van der Waals surface area contributed by atoms with E-state index in [4.69, 9.17) is 5.10 Å². The van der Waals surface area contributed by atoms with Crippen molar-refractivity contribution in [2.24, 2.45) is 5.92 Å². The summed E-state index contributed by atoms with van der Waals surface area (Å²) in [5, 5.41) is 8.51. The molecule has 1 aromatic heterocycles. The van der Waals surface area contributed by atoms with Crippen molar-refractivity contribution in [3.8, 4) is 0 Å². The lowest BCUT2D eigenvalue weighted by molar-refractivity contribution is 0.279. The molecule has 1 N–H and O–H groups in total. The van der Waals surface area contributed by atoms with Gasteiger partial charge in [0.25, 0.3) is 0 Å². The van der Waals surface area contributed by atoms with E-state index < -0.39 is 0 Å². The van der Waals surface area contributed by atoms with Gasteiger partial charge in [0, 0.05) is 18.8 Å². The van der Waals surface area contributed by atoms with Crippen LogP contribution in [0, 0.1) is 5.92 Å². The maximum atomic E-state index is 4.81. The predicted octanol–water partition coefficient (Wildman–Crippen LogP) is 4.45. The first-order valence-electron chi connectivity index (χ1n) is 9.10. The zero-order valence-corrected chi connectivity index (χ0v) is 13.6. The van der Waals surface area contributed by atoms with Crippen molar-refractivity contribution >= 4 is 0 Å². The molecule has 1 atom stereocenters. The molecule has 3 nitrogen and oxygen atoms in total. The molecule has 0 spiro atoms. The molecule has 118 valence electrons. The molecule has 2 saturated carbocycles. The van der Waals surface area contributed by atoms with Gasteiger partial charge in [0.15, 0.2) is 0 Å². The van der Waals surface area contributed by atoms with E-state index in [2.05, 4.69) is 29.2 Å². The molecule has 0 aliphatic heterocycles. The van der Waals surface area contributed by atoms with Crippen molar-refractivity contribution in [1.29, 1.82) is 0 Å². The summed E-state index contributed by atoms with van der Waals surface area (Å²) < 4.78 is 2.22. The Morgan fingerprint density at radius 2 is 1.76 bits per heavy atom. The molecule has 0 radical (unpaired) electrons. The second-order valence-corrected chi connectivity index (χ2v) is 7.15. The summed E-state index contributed by atoms with van der Waals surface area (Å²) in [6.07, 6.45) is 16.1. The lowest BCUT2D eigenvalue weighted by atomic mass is 9.84. The monoisotopic (exact) mass is 289 g/mol. The molecule has 3 rings (SSSR count). The lowest BCUT2D eigenvalue weighted by Crippen LogP contribution is -2.34. The van der Waals surface area contributed by atoms with Crippen molar-refractivity contribution in [2.45, 2.75) is 89.8 Å². The number of rotatable bonds is 5. The van der Waals surface area contributed by atoms with Crippen LogP contribution in [0.2, 0.25) is 0 Å². The number of hydrogen-bond donors (Lipinski definition) is 1. The Balaban J connectivity index is 1.47. The molecular formula is C18H31N3. The van der Waals surface area contributed by atoms with Gasteiger partial charge in [-0.15, -0.1) is 0 Å². The Hall–Kier alpha value is -0.830. The minimum absolute atomic E-state index is 0.630. The first-order chi connectivity index (χ1) is 10.3. The highest BCUT2D eigenvalue weighted by atomic mass is 15.3. The topological polar surface area (TPSA) is 29.9 Å². The van der Waals surface area contributed by atoms with Crippen molar-refractivity contribution in [2.75, 3.05) is 0 Å². The van der Waals surface area contributed by atoms with Crippen molar-refractivity contribution in [1.82, 2.24) is 15.1 Å². The van der Waals surface area contributed by atoms with Gasteiger partial charge in [0.05, 0.1) is 11.7 Å². The van der Waals surface area contributed by atoms with Gasteiger partial charge in [-0.2, -0.15) is 5.10 Å². The van der Waals surface area contributed by atoms with Gasteiger partial charge in [0.1, 0.15) is 0 Å². The molecular weight excluding hydrogens is 258 g/mol. The third kappa shape index (κ3) is 4.09. The van der Waals surface area contributed by atoms with Crippen LogP contribution in [0.5, 0.6) is 0 Å². The number of nitrogens with zero attached hydrogens (tertiary/aromatic N) is 2.